The zero-order valence-electron chi connectivity index (χ0n) is 11.5. The smallest absolute Gasteiger partial charge is 0.109 e. The van der Waals surface area contributed by atoms with Crippen LogP contribution in [0.2, 0.25) is 0 Å². The van der Waals surface area contributed by atoms with Crippen molar-refractivity contribution in [2.45, 2.75) is 25.8 Å². The lowest BCUT2D eigenvalue weighted by molar-refractivity contribution is 0.219. The monoisotopic (exact) mass is 248 g/mol. The highest BCUT2D eigenvalue weighted by atomic mass is 15.2. The molecule has 0 saturated carbocycles. The molecule has 3 atom stereocenters. The summed E-state index contributed by atoms with van der Waals surface area (Å²) in [5, 5.41) is 3.54. The van der Waals surface area contributed by atoms with Crippen molar-refractivity contribution in [3.05, 3.63) is 18.2 Å². The second-order valence-electron chi connectivity index (χ2n) is 5.76. The summed E-state index contributed by atoms with van der Waals surface area (Å²) in [7, 11) is 2.09. The molecule has 2 saturated heterocycles. The third kappa shape index (κ3) is 2.08. The van der Waals surface area contributed by atoms with Crippen molar-refractivity contribution >= 4 is 0 Å². The van der Waals surface area contributed by atoms with Gasteiger partial charge in [-0.1, -0.05) is 6.92 Å². The third-order valence-electron chi connectivity index (χ3n) is 4.79. The lowest BCUT2D eigenvalue weighted by Crippen LogP contribution is -2.36. The van der Waals surface area contributed by atoms with Crippen LogP contribution in [-0.4, -0.2) is 46.7 Å². The molecule has 0 amide bonds. The van der Waals surface area contributed by atoms with Crippen molar-refractivity contribution in [2.24, 2.45) is 18.9 Å². The fourth-order valence-electron chi connectivity index (χ4n) is 3.81. The first-order valence-electron chi connectivity index (χ1n) is 7.20. The van der Waals surface area contributed by atoms with Gasteiger partial charge in [0.15, 0.2) is 0 Å². The Morgan fingerprint density at radius 3 is 3.06 bits per heavy atom. The molecule has 2 fully saturated rings. The summed E-state index contributed by atoms with van der Waals surface area (Å²) < 4.78 is 2.14. The van der Waals surface area contributed by atoms with E-state index in [2.05, 4.69) is 33.7 Å². The first-order valence-corrected chi connectivity index (χ1v) is 7.20. The number of aryl methyl sites for hydroxylation is 1. The number of hydrogen-bond acceptors (Lipinski definition) is 3. The van der Waals surface area contributed by atoms with Gasteiger partial charge >= 0.3 is 0 Å². The summed E-state index contributed by atoms with van der Waals surface area (Å²) in [5.74, 6) is 2.98. The van der Waals surface area contributed by atoms with E-state index in [0.717, 1.165) is 30.8 Å². The molecule has 3 rings (SSSR count). The predicted molar refractivity (Wildman–Crippen MR) is 72.4 cm³/mol. The van der Waals surface area contributed by atoms with E-state index in [9.17, 15) is 0 Å². The zero-order chi connectivity index (χ0) is 12.5. The van der Waals surface area contributed by atoms with E-state index in [-0.39, 0.29) is 0 Å². The van der Waals surface area contributed by atoms with Gasteiger partial charge in [-0.3, -0.25) is 4.90 Å². The topological polar surface area (TPSA) is 33.1 Å². The number of aromatic nitrogens is 2. The second-order valence-corrected chi connectivity index (χ2v) is 5.76. The molecule has 0 aromatic carbocycles. The van der Waals surface area contributed by atoms with Crippen LogP contribution in [0.1, 0.15) is 19.2 Å². The first-order chi connectivity index (χ1) is 8.79. The molecule has 3 unspecified atom stereocenters. The van der Waals surface area contributed by atoms with Gasteiger partial charge in [0.05, 0.1) is 0 Å². The highest BCUT2D eigenvalue weighted by Crippen LogP contribution is 2.34. The molecule has 2 aliphatic heterocycles. The third-order valence-corrected chi connectivity index (χ3v) is 4.79. The number of fused-ring (bicyclic) bond motifs is 1. The molecule has 4 nitrogen and oxygen atoms in total. The van der Waals surface area contributed by atoms with Gasteiger partial charge in [-0.2, -0.15) is 0 Å². The summed E-state index contributed by atoms with van der Waals surface area (Å²) in [6.07, 6.45) is 6.29. The lowest BCUT2D eigenvalue weighted by atomic mass is 9.93. The minimum atomic E-state index is 0.783. The van der Waals surface area contributed by atoms with Gasteiger partial charge in [0.1, 0.15) is 5.82 Å². The van der Waals surface area contributed by atoms with Crippen molar-refractivity contribution in [1.29, 1.82) is 0 Å². The normalized spacial score (nSPS) is 32.0. The van der Waals surface area contributed by atoms with Crippen LogP contribution in [0, 0.1) is 11.8 Å². The van der Waals surface area contributed by atoms with Crippen molar-refractivity contribution in [1.82, 2.24) is 19.8 Å². The molecular weight excluding hydrogens is 224 g/mol. The van der Waals surface area contributed by atoms with Crippen LogP contribution < -0.4 is 5.32 Å². The van der Waals surface area contributed by atoms with E-state index in [1.807, 2.05) is 12.4 Å². The molecule has 0 spiro atoms. The molecule has 2 aliphatic rings. The van der Waals surface area contributed by atoms with Crippen LogP contribution in [0.3, 0.4) is 0 Å². The molecule has 0 radical (unpaired) electrons. The fourth-order valence-corrected chi connectivity index (χ4v) is 3.81. The second kappa shape index (κ2) is 5.02. The maximum atomic E-state index is 4.42. The molecule has 0 bridgehead atoms. The van der Waals surface area contributed by atoms with Gasteiger partial charge in [-0.25, -0.2) is 4.98 Å². The lowest BCUT2D eigenvalue weighted by Gasteiger charge is -2.26. The predicted octanol–water partition coefficient (Wildman–Crippen LogP) is 0.892. The number of rotatable bonds is 4. The van der Waals surface area contributed by atoms with Gasteiger partial charge in [0, 0.05) is 45.0 Å². The Labute approximate surface area is 109 Å². The number of hydrogen-bond donors (Lipinski definition) is 1. The molecular formula is C14H24N4. The van der Waals surface area contributed by atoms with Crippen molar-refractivity contribution in [3.63, 3.8) is 0 Å². The number of nitrogens with zero attached hydrogens (tertiary/aromatic N) is 3. The Morgan fingerprint density at radius 2 is 2.33 bits per heavy atom. The van der Waals surface area contributed by atoms with Crippen LogP contribution >= 0.6 is 0 Å². The largest absolute Gasteiger partial charge is 0.338 e. The maximum absolute atomic E-state index is 4.42. The standard InChI is InChI=1S/C14H24N4/c1-3-13-12-9-15-8-11(12)10-18(13)6-4-14-16-5-7-17(14)2/h5,7,11-13,15H,3-4,6,8-10H2,1-2H3. The quantitative estimate of drug-likeness (QED) is 0.859. The molecule has 0 aliphatic carbocycles. The summed E-state index contributed by atoms with van der Waals surface area (Å²) >= 11 is 0. The number of likely N-dealkylation sites (tertiary alicyclic amines) is 1. The SMILES string of the molecule is CCC1C2CNCC2CN1CCc1nccn1C. The Kier molecular flexibility index (Phi) is 3.39. The molecule has 100 valence electrons. The molecule has 4 heteroatoms. The van der Waals surface area contributed by atoms with Gasteiger partial charge in [0.2, 0.25) is 0 Å². The minimum absolute atomic E-state index is 0.783. The Balaban J connectivity index is 1.61. The number of imidazole rings is 1. The molecule has 18 heavy (non-hydrogen) atoms. The summed E-state index contributed by atoms with van der Waals surface area (Å²) in [4.78, 5) is 7.12. The van der Waals surface area contributed by atoms with Crippen molar-refractivity contribution < 1.29 is 0 Å². The zero-order valence-corrected chi connectivity index (χ0v) is 11.5. The average molecular weight is 248 g/mol. The van der Waals surface area contributed by atoms with Crippen LogP contribution in [-0.2, 0) is 13.5 Å². The van der Waals surface area contributed by atoms with Crippen LogP contribution in [0.15, 0.2) is 12.4 Å². The average Bonchev–Trinajstić information content (AvgIpc) is 3.01. The van der Waals surface area contributed by atoms with Gasteiger partial charge < -0.3 is 9.88 Å². The van der Waals surface area contributed by atoms with E-state index < -0.39 is 0 Å². The highest BCUT2D eigenvalue weighted by Gasteiger charge is 2.42. The van der Waals surface area contributed by atoms with Crippen LogP contribution in [0.25, 0.3) is 0 Å². The minimum Gasteiger partial charge on any atom is -0.338 e. The summed E-state index contributed by atoms with van der Waals surface area (Å²) in [5.41, 5.74) is 0. The summed E-state index contributed by atoms with van der Waals surface area (Å²) in [6.45, 7) is 7.22. The van der Waals surface area contributed by atoms with Crippen molar-refractivity contribution in [2.75, 3.05) is 26.2 Å². The first kappa shape index (κ1) is 12.2. The summed E-state index contributed by atoms with van der Waals surface area (Å²) in [6, 6.07) is 0.783. The van der Waals surface area contributed by atoms with E-state index in [0.29, 0.717) is 0 Å². The highest BCUT2D eigenvalue weighted by molar-refractivity contribution is 4.99. The van der Waals surface area contributed by atoms with Crippen LogP contribution in [0.5, 0.6) is 0 Å². The van der Waals surface area contributed by atoms with E-state index in [1.165, 1.54) is 31.9 Å². The Hall–Kier alpha value is -0.870. The Bertz CT molecular complexity index is 400. The Morgan fingerprint density at radius 1 is 1.44 bits per heavy atom. The van der Waals surface area contributed by atoms with Gasteiger partial charge in [-0.05, 0) is 31.3 Å². The maximum Gasteiger partial charge on any atom is 0.109 e. The van der Waals surface area contributed by atoms with E-state index in [4.69, 9.17) is 0 Å². The van der Waals surface area contributed by atoms with Gasteiger partial charge in [-0.15, -0.1) is 0 Å². The van der Waals surface area contributed by atoms with E-state index >= 15 is 0 Å². The van der Waals surface area contributed by atoms with Crippen molar-refractivity contribution in [3.8, 4) is 0 Å². The molecule has 1 N–H and O–H groups in total. The van der Waals surface area contributed by atoms with Crippen LogP contribution in [0.4, 0.5) is 0 Å². The van der Waals surface area contributed by atoms with Gasteiger partial charge in [0.25, 0.3) is 0 Å². The molecule has 1 aromatic rings. The molecule has 1 aromatic heterocycles. The fraction of sp³-hybridized carbons (Fsp3) is 0.786. The number of nitrogens with one attached hydrogen (secondary N) is 1. The molecule has 3 heterocycles. The van der Waals surface area contributed by atoms with E-state index in [1.54, 1.807) is 0 Å².